The molecular weight excluding hydrogens is 383 g/mol. The molecule has 0 heterocycles. The number of rotatable bonds is 2. The second kappa shape index (κ2) is 5.98. The van der Waals surface area contributed by atoms with Crippen LogP contribution in [0.4, 0.5) is 4.39 Å². The van der Waals surface area contributed by atoms with Crippen molar-refractivity contribution in [3.63, 3.8) is 0 Å². The lowest BCUT2D eigenvalue weighted by Gasteiger charge is -2.29. The maximum absolute atomic E-state index is 13.4. The van der Waals surface area contributed by atoms with E-state index in [2.05, 4.69) is 56.1 Å². The molecule has 1 aliphatic carbocycles. The van der Waals surface area contributed by atoms with Crippen LogP contribution in [0.15, 0.2) is 46.9 Å². The molecule has 2 aromatic carbocycles. The molecule has 3 heteroatoms. The molecule has 0 saturated heterocycles. The van der Waals surface area contributed by atoms with Gasteiger partial charge in [0.2, 0.25) is 0 Å². The number of fused-ring (bicyclic) bond motifs is 1. The Labute approximate surface area is 135 Å². The van der Waals surface area contributed by atoms with Crippen LogP contribution in [-0.4, -0.2) is 0 Å². The van der Waals surface area contributed by atoms with Crippen LogP contribution in [0.5, 0.6) is 0 Å². The van der Waals surface area contributed by atoms with E-state index in [9.17, 15) is 4.39 Å². The Kier molecular flexibility index (Phi) is 4.27. The fourth-order valence-electron chi connectivity index (χ4n) is 3.01. The third-order valence-corrected chi connectivity index (χ3v) is 5.81. The van der Waals surface area contributed by atoms with E-state index in [1.165, 1.54) is 36.5 Å². The van der Waals surface area contributed by atoms with Gasteiger partial charge in [0.15, 0.2) is 0 Å². The highest BCUT2D eigenvalue weighted by Gasteiger charge is 2.27. The summed E-state index contributed by atoms with van der Waals surface area (Å²) >= 11 is 7.11. The summed E-state index contributed by atoms with van der Waals surface area (Å²) in [7, 11) is 0. The first-order valence-electron chi connectivity index (χ1n) is 6.83. The van der Waals surface area contributed by atoms with Crippen LogP contribution >= 0.6 is 31.9 Å². The van der Waals surface area contributed by atoms with E-state index in [-0.39, 0.29) is 10.6 Å². The summed E-state index contributed by atoms with van der Waals surface area (Å²) in [6.07, 6.45) is 3.55. The maximum atomic E-state index is 13.4. The fraction of sp³-hybridized carbons (Fsp3) is 0.294. The van der Waals surface area contributed by atoms with Gasteiger partial charge in [0.1, 0.15) is 5.82 Å². The molecule has 2 unspecified atom stereocenters. The molecule has 0 nitrogen and oxygen atoms in total. The van der Waals surface area contributed by atoms with Gasteiger partial charge in [-0.2, -0.15) is 0 Å². The standard InChI is InChI=1S/C17H15Br2F/c18-15-10-12(8-9-16(15)20)17(19)14-7-3-5-11-4-1-2-6-13(11)14/h1-2,4,6,8-10,14,17H,3,5,7H2. The lowest BCUT2D eigenvalue weighted by atomic mass is 9.79. The largest absolute Gasteiger partial charge is 0.206 e. The van der Waals surface area contributed by atoms with Crippen LogP contribution in [0, 0.1) is 5.82 Å². The lowest BCUT2D eigenvalue weighted by Crippen LogP contribution is -2.14. The zero-order chi connectivity index (χ0) is 14.1. The SMILES string of the molecule is Fc1ccc(C(Br)C2CCCc3ccccc32)cc1Br. The summed E-state index contributed by atoms with van der Waals surface area (Å²) < 4.78 is 13.9. The van der Waals surface area contributed by atoms with Gasteiger partial charge in [-0.15, -0.1) is 0 Å². The molecule has 104 valence electrons. The van der Waals surface area contributed by atoms with Gasteiger partial charge in [0, 0.05) is 10.7 Å². The molecule has 0 saturated carbocycles. The van der Waals surface area contributed by atoms with Crippen molar-refractivity contribution in [3.8, 4) is 0 Å². The molecule has 0 radical (unpaired) electrons. The Morgan fingerprint density at radius 2 is 1.95 bits per heavy atom. The summed E-state index contributed by atoms with van der Waals surface area (Å²) in [5.74, 6) is 0.245. The number of alkyl halides is 1. The van der Waals surface area contributed by atoms with Crippen molar-refractivity contribution in [2.75, 3.05) is 0 Å². The molecule has 0 bridgehead atoms. The molecule has 2 atom stereocenters. The van der Waals surface area contributed by atoms with Crippen molar-refractivity contribution in [2.45, 2.75) is 30.0 Å². The Bertz CT molecular complexity index is 624. The molecule has 0 aromatic heterocycles. The van der Waals surface area contributed by atoms with Crippen molar-refractivity contribution in [3.05, 3.63) is 69.4 Å². The van der Waals surface area contributed by atoms with Crippen LogP contribution in [-0.2, 0) is 6.42 Å². The molecule has 2 aromatic rings. The Morgan fingerprint density at radius 3 is 2.75 bits per heavy atom. The van der Waals surface area contributed by atoms with Crippen LogP contribution in [0.3, 0.4) is 0 Å². The first kappa shape index (κ1) is 14.3. The number of hydrogen-bond donors (Lipinski definition) is 0. The van der Waals surface area contributed by atoms with E-state index in [1.807, 2.05) is 12.1 Å². The minimum atomic E-state index is -0.211. The average Bonchev–Trinajstić information content (AvgIpc) is 2.49. The number of benzene rings is 2. The Balaban J connectivity index is 1.95. The fourth-order valence-corrected chi connectivity index (χ4v) is 4.24. The molecule has 3 rings (SSSR count). The predicted molar refractivity (Wildman–Crippen MR) is 87.9 cm³/mol. The van der Waals surface area contributed by atoms with Crippen molar-refractivity contribution < 1.29 is 4.39 Å². The molecule has 0 N–H and O–H groups in total. The number of halogens is 3. The number of hydrogen-bond acceptors (Lipinski definition) is 0. The average molecular weight is 398 g/mol. The van der Waals surface area contributed by atoms with Crippen molar-refractivity contribution in [2.24, 2.45) is 0 Å². The molecule has 0 amide bonds. The van der Waals surface area contributed by atoms with E-state index in [0.717, 1.165) is 5.56 Å². The third-order valence-electron chi connectivity index (χ3n) is 4.03. The van der Waals surface area contributed by atoms with E-state index in [0.29, 0.717) is 10.4 Å². The summed E-state index contributed by atoms with van der Waals surface area (Å²) in [6, 6.07) is 14.0. The van der Waals surface area contributed by atoms with Gasteiger partial charge in [-0.05, 0) is 64.0 Å². The topological polar surface area (TPSA) is 0 Å². The Morgan fingerprint density at radius 1 is 1.15 bits per heavy atom. The molecule has 20 heavy (non-hydrogen) atoms. The molecule has 0 fully saturated rings. The van der Waals surface area contributed by atoms with Crippen LogP contribution in [0.1, 0.15) is 40.3 Å². The smallest absolute Gasteiger partial charge is 0.137 e. The monoisotopic (exact) mass is 396 g/mol. The summed E-state index contributed by atoms with van der Waals surface area (Å²) in [5, 5.41) is 0. The van der Waals surface area contributed by atoms with Gasteiger partial charge in [0.25, 0.3) is 0 Å². The zero-order valence-electron chi connectivity index (χ0n) is 11.0. The normalized spacial score (nSPS) is 19.4. The van der Waals surface area contributed by atoms with Crippen molar-refractivity contribution >= 4 is 31.9 Å². The summed E-state index contributed by atoms with van der Waals surface area (Å²) in [6.45, 7) is 0. The number of aryl methyl sites for hydroxylation is 1. The van der Waals surface area contributed by atoms with Crippen molar-refractivity contribution in [1.82, 2.24) is 0 Å². The van der Waals surface area contributed by atoms with Gasteiger partial charge in [-0.1, -0.05) is 46.3 Å². The zero-order valence-corrected chi connectivity index (χ0v) is 14.1. The van der Waals surface area contributed by atoms with E-state index in [1.54, 1.807) is 0 Å². The van der Waals surface area contributed by atoms with Crippen LogP contribution < -0.4 is 0 Å². The van der Waals surface area contributed by atoms with Gasteiger partial charge in [0.05, 0.1) is 4.47 Å². The lowest BCUT2D eigenvalue weighted by molar-refractivity contribution is 0.546. The minimum Gasteiger partial charge on any atom is -0.206 e. The molecular formula is C17H15Br2F. The first-order chi connectivity index (χ1) is 9.66. The first-order valence-corrected chi connectivity index (χ1v) is 8.54. The summed E-state index contributed by atoms with van der Waals surface area (Å²) in [5.41, 5.74) is 4.01. The summed E-state index contributed by atoms with van der Waals surface area (Å²) in [4.78, 5) is 0.223. The quantitative estimate of drug-likeness (QED) is 0.533. The van der Waals surface area contributed by atoms with E-state index >= 15 is 0 Å². The molecule has 0 aliphatic heterocycles. The van der Waals surface area contributed by atoms with Crippen LogP contribution in [0.25, 0.3) is 0 Å². The second-order valence-corrected chi connectivity index (χ2v) is 7.11. The molecule has 1 aliphatic rings. The Hall–Kier alpha value is -0.670. The highest BCUT2D eigenvalue weighted by atomic mass is 79.9. The van der Waals surface area contributed by atoms with Gasteiger partial charge >= 0.3 is 0 Å². The third kappa shape index (κ3) is 2.71. The predicted octanol–water partition coefficient (Wildman–Crippen LogP) is 6.14. The maximum Gasteiger partial charge on any atom is 0.137 e. The highest BCUT2D eigenvalue weighted by Crippen LogP contribution is 2.45. The van der Waals surface area contributed by atoms with Gasteiger partial charge < -0.3 is 0 Å². The minimum absolute atomic E-state index is 0.211. The van der Waals surface area contributed by atoms with E-state index in [4.69, 9.17) is 0 Å². The van der Waals surface area contributed by atoms with Crippen molar-refractivity contribution in [1.29, 1.82) is 0 Å². The van der Waals surface area contributed by atoms with Gasteiger partial charge in [-0.25, -0.2) is 4.39 Å². The van der Waals surface area contributed by atoms with E-state index < -0.39 is 0 Å². The van der Waals surface area contributed by atoms with Gasteiger partial charge in [-0.3, -0.25) is 0 Å². The second-order valence-electron chi connectivity index (χ2n) is 5.27. The molecule has 0 spiro atoms. The highest BCUT2D eigenvalue weighted by molar-refractivity contribution is 9.10. The van der Waals surface area contributed by atoms with Crippen LogP contribution in [0.2, 0.25) is 0 Å².